The molecule has 0 saturated heterocycles. The molecule has 0 bridgehead atoms. The van der Waals surface area contributed by atoms with Crippen LogP contribution < -0.4 is 15.2 Å². The lowest BCUT2D eigenvalue weighted by molar-refractivity contribution is 0.217. The molecular weight excluding hydrogens is 264 g/mol. The third kappa shape index (κ3) is 4.56. The van der Waals surface area contributed by atoms with Crippen molar-refractivity contribution in [1.29, 1.82) is 0 Å². The van der Waals surface area contributed by atoms with Crippen molar-refractivity contribution in [3.63, 3.8) is 0 Å². The summed E-state index contributed by atoms with van der Waals surface area (Å²) in [6.45, 7) is 8.16. The van der Waals surface area contributed by atoms with E-state index in [0.29, 0.717) is 29.7 Å². The molecule has 0 spiro atoms. The summed E-state index contributed by atoms with van der Waals surface area (Å²) in [4.78, 5) is 2.29. The molecule has 0 atom stereocenters. The summed E-state index contributed by atoms with van der Waals surface area (Å²) < 4.78 is 11.1. The maximum Gasteiger partial charge on any atom is 0.179 e. The third-order valence-corrected chi connectivity index (χ3v) is 3.35. The molecule has 4 nitrogen and oxygen atoms in total. The predicted molar refractivity (Wildman–Crippen MR) is 79.2 cm³/mol. The van der Waals surface area contributed by atoms with E-state index in [-0.39, 0.29) is 0 Å². The lowest BCUT2D eigenvalue weighted by atomic mass is 10.2. The summed E-state index contributed by atoms with van der Waals surface area (Å²) in [5, 5.41) is 0.541. The van der Waals surface area contributed by atoms with E-state index in [2.05, 4.69) is 18.7 Å². The number of hydrogen-bond donors (Lipinski definition) is 1. The lowest BCUT2D eigenvalue weighted by Crippen LogP contribution is -2.28. The van der Waals surface area contributed by atoms with Gasteiger partial charge in [-0.25, -0.2) is 0 Å². The summed E-state index contributed by atoms with van der Waals surface area (Å²) in [5.41, 5.74) is 6.54. The summed E-state index contributed by atoms with van der Waals surface area (Å²) in [6, 6.07) is 3.68. The quantitative estimate of drug-likeness (QED) is 0.798. The van der Waals surface area contributed by atoms with Crippen LogP contribution in [0, 0.1) is 0 Å². The molecule has 19 heavy (non-hydrogen) atoms. The van der Waals surface area contributed by atoms with Crippen molar-refractivity contribution in [3.8, 4) is 11.5 Å². The molecule has 0 aromatic heterocycles. The zero-order valence-electron chi connectivity index (χ0n) is 11.9. The molecule has 0 unspecified atom stereocenters. The first kappa shape index (κ1) is 16.1. The second-order valence-electron chi connectivity index (χ2n) is 4.19. The van der Waals surface area contributed by atoms with Crippen molar-refractivity contribution in [3.05, 3.63) is 22.7 Å². The van der Waals surface area contributed by atoms with Gasteiger partial charge in [0.05, 0.1) is 12.1 Å². The van der Waals surface area contributed by atoms with Gasteiger partial charge in [-0.05, 0) is 30.8 Å². The van der Waals surface area contributed by atoms with Gasteiger partial charge < -0.3 is 20.1 Å². The normalized spacial score (nSPS) is 10.8. The van der Waals surface area contributed by atoms with Crippen LogP contribution in [0.3, 0.4) is 0 Å². The Kier molecular flexibility index (Phi) is 6.99. The molecular formula is C14H23ClN2O2. The van der Waals surface area contributed by atoms with E-state index in [0.717, 1.165) is 25.2 Å². The maximum atomic E-state index is 6.20. The number of methoxy groups -OCH3 is 1. The SMILES string of the molecule is CCN(CC)CCOc1c(Cl)cc(CN)cc1OC. The average Bonchev–Trinajstić information content (AvgIpc) is 2.44. The lowest BCUT2D eigenvalue weighted by Gasteiger charge is -2.19. The van der Waals surface area contributed by atoms with E-state index in [4.69, 9.17) is 26.8 Å². The molecule has 0 heterocycles. The zero-order chi connectivity index (χ0) is 14.3. The molecule has 0 saturated carbocycles. The van der Waals surface area contributed by atoms with Crippen LogP contribution in [0.5, 0.6) is 11.5 Å². The van der Waals surface area contributed by atoms with Crippen LogP contribution in [0.1, 0.15) is 19.4 Å². The molecule has 0 aliphatic heterocycles. The summed E-state index contributed by atoms with van der Waals surface area (Å²) >= 11 is 6.20. The van der Waals surface area contributed by atoms with Crippen LogP contribution in [0.2, 0.25) is 5.02 Å². The number of nitrogens with two attached hydrogens (primary N) is 1. The molecule has 1 aromatic carbocycles. The smallest absolute Gasteiger partial charge is 0.179 e. The number of benzene rings is 1. The number of hydrogen-bond acceptors (Lipinski definition) is 4. The minimum Gasteiger partial charge on any atom is -0.493 e. The van der Waals surface area contributed by atoms with Gasteiger partial charge in [-0.1, -0.05) is 25.4 Å². The van der Waals surface area contributed by atoms with Gasteiger partial charge in [-0.3, -0.25) is 0 Å². The highest BCUT2D eigenvalue weighted by molar-refractivity contribution is 6.32. The summed E-state index contributed by atoms with van der Waals surface area (Å²) in [7, 11) is 1.60. The van der Waals surface area contributed by atoms with Crippen LogP contribution in [0.4, 0.5) is 0 Å². The van der Waals surface area contributed by atoms with Crippen LogP contribution in [0.25, 0.3) is 0 Å². The topological polar surface area (TPSA) is 47.7 Å². The highest BCUT2D eigenvalue weighted by atomic mass is 35.5. The number of nitrogens with zero attached hydrogens (tertiary/aromatic N) is 1. The van der Waals surface area contributed by atoms with Gasteiger partial charge >= 0.3 is 0 Å². The van der Waals surface area contributed by atoms with Gasteiger partial charge in [0.1, 0.15) is 6.61 Å². The molecule has 0 radical (unpaired) electrons. The molecule has 0 aliphatic carbocycles. The second kappa shape index (κ2) is 8.25. The van der Waals surface area contributed by atoms with Gasteiger partial charge in [0.15, 0.2) is 11.5 Å². The van der Waals surface area contributed by atoms with Crippen molar-refractivity contribution in [2.75, 3.05) is 33.4 Å². The Morgan fingerprint density at radius 3 is 2.47 bits per heavy atom. The van der Waals surface area contributed by atoms with Gasteiger partial charge in [-0.2, -0.15) is 0 Å². The van der Waals surface area contributed by atoms with E-state index in [9.17, 15) is 0 Å². The third-order valence-electron chi connectivity index (χ3n) is 3.07. The molecule has 1 rings (SSSR count). The second-order valence-corrected chi connectivity index (χ2v) is 4.60. The Hall–Kier alpha value is -0.970. The van der Waals surface area contributed by atoms with Crippen molar-refractivity contribution in [2.24, 2.45) is 5.73 Å². The van der Waals surface area contributed by atoms with E-state index < -0.39 is 0 Å². The van der Waals surface area contributed by atoms with Crippen LogP contribution in [-0.2, 0) is 6.54 Å². The van der Waals surface area contributed by atoms with Gasteiger partial charge in [-0.15, -0.1) is 0 Å². The van der Waals surface area contributed by atoms with Crippen LogP contribution in [0.15, 0.2) is 12.1 Å². The fourth-order valence-corrected chi connectivity index (χ4v) is 2.14. The Labute approximate surface area is 120 Å². The highest BCUT2D eigenvalue weighted by Crippen LogP contribution is 2.36. The Morgan fingerprint density at radius 1 is 1.26 bits per heavy atom. The first-order valence-electron chi connectivity index (χ1n) is 6.57. The molecule has 1 aromatic rings. The van der Waals surface area contributed by atoms with Crippen molar-refractivity contribution in [2.45, 2.75) is 20.4 Å². The van der Waals surface area contributed by atoms with Crippen LogP contribution in [-0.4, -0.2) is 38.3 Å². The van der Waals surface area contributed by atoms with Gasteiger partial charge in [0.25, 0.3) is 0 Å². The largest absolute Gasteiger partial charge is 0.493 e. The van der Waals surface area contributed by atoms with Crippen LogP contribution >= 0.6 is 11.6 Å². The number of likely N-dealkylation sites (N-methyl/N-ethyl adjacent to an activating group) is 1. The molecule has 0 amide bonds. The number of halogens is 1. The number of rotatable bonds is 8. The van der Waals surface area contributed by atoms with E-state index in [1.165, 1.54) is 0 Å². The van der Waals surface area contributed by atoms with Gasteiger partial charge in [0.2, 0.25) is 0 Å². The van der Waals surface area contributed by atoms with Crippen molar-refractivity contribution < 1.29 is 9.47 Å². The van der Waals surface area contributed by atoms with Crippen molar-refractivity contribution in [1.82, 2.24) is 4.90 Å². The minimum absolute atomic E-state index is 0.426. The highest BCUT2D eigenvalue weighted by Gasteiger charge is 2.12. The summed E-state index contributed by atoms with van der Waals surface area (Å²) in [5.74, 6) is 1.22. The summed E-state index contributed by atoms with van der Waals surface area (Å²) in [6.07, 6.45) is 0. The van der Waals surface area contributed by atoms with E-state index >= 15 is 0 Å². The first-order valence-corrected chi connectivity index (χ1v) is 6.95. The standard InChI is InChI=1S/C14H23ClN2O2/c1-4-17(5-2)6-7-19-14-12(15)8-11(10-16)9-13(14)18-3/h8-9H,4-7,10,16H2,1-3H3. The molecule has 0 fully saturated rings. The molecule has 0 aliphatic rings. The molecule has 108 valence electrons. The maximum absolute atomic E-state index is 6.20. The van der Waals surface area contributed by atoms with E-state index in [1.54, 1.807) is 7.11 Å². The zero-order valence-corrected chi connectivity index (χ0v) is 12.7. The Morgan fingerprint density at radius 2 is 1.95 bits per heavy atom. The molecule has 2 N–H and O–H groups in total. The Bertz CT molecular complexity index is 395. The average molecular weight is 287 g/mol. The fraction of sp³-hybridized carbons (Fsp3) is 0.571. The first-order chi connectivity index (χ1) is 9.15. The monoisotopic (exact) mass is 286 g/mol. The van der Waals surface area contributed by atoms with E-state index in [1.807, 2.05) is 12.1 Å². The Balaban J connectivity index is 2.72. The molecule has 5 heteroatoms. The van der Waals surface area contributed by atoms with Crippen molar-refractivity contribution >= 4 is 11.6 Å². The minimum atomic E-state index is 0.426. The predicted octanol–water partition coefficient (Wildman–Crippen LogP) is 2.53. The fourth-order valence-electron chi connectivity index (χ4n) is 1.85. The van der Waals surface area contributed by atoms with Gasteiger partial charge in [0, 0.05) is 13.1 Å². The number of ether oxygens (including phenoxy) is 2.